The first-order chi connectivity index (χ1) is 7.27. The zero-order valence-corrected chi connectivity index (χ0v) is 9.13. The lowest BCUT2D eigenvalue weighted by Crippen LogP contribution is -2.40. The molecule has 0 radical (unpaired) electrons. The molecule has 86 valence electrons. The summed E-state index contributed by atoms with van der Waals surface area (Å²) >= 11 is 0. The fourth-order valence-electron chi connectivity index (χ4n) is 2.07. The minimum atomic E-state index is -0.213. The Kier molecular flexibility index (Phi) is 3.26. The minimum absolute atomic E-state index is 0.149. The third-order valence-corrected chi connectivity index (χ3v) is 3.53. The van der Waals surface area contributed by atoms with Gasteiger partial charge in [-0.2, -0.15) is 0 Å². The van der Waals surface area contributed by atoms with E-state index in [9.17, 15) is 4.79 Å². The molecule has 2 rings (SSSR count). The molecule has 1 aliphatic heterocycles. The van der Waals surface area contributed by atoms with Gasteiger partial charge in [0.2, 0.25) is 5.91 Å². The van der Waals surface area contributed by atoms with Crippen LogP contribution in [0.25, 0.3) is 0 Å². The van der Waals surface area contributed by atoms with Gasteiger partial charge in [-0.05, 0) is 31.6 Å². The number of hydrogen-bond donors (Lipinski definition) is 2. The summed E-state index contributed by atoms with van der Waals surface area (Å²) < 4.78 is 5.37. The molecule has 1 amide bonds. The highest BCUT2D eigenvalue weighted by Crippen LogP contribution is 2.44. The van der Waals surface area contributed by atoms with Crippen LogP contribution in [0.3, 0.4) is 0 Å². The van der Waals surface area contributed by atoms with Crippen LogP contribution in [-0.4, -0.2) is 32.2 Å². The molecule has 0 aromatic carbocycles. The third kappa shape index (κ3) is 2.49. The lowest BCUT2D eigenvalue weighted by Gasteiger charge is -2.23. The van der Waals surface area contributed by atoms with Crippen molar-refractivity contribution < 1.29 is 9.53 Å². The van der Waals surface area contributed by atoms with Crippen molar-refractivity contribution in [1.82, 2.24) is 5.32 Å². The molecule has 1 unspecified atom stereocenters. The van der Waals surface area contributed by atoms with Gasteiger partial charge in [0.15, 0.2) is 0 Å². The monoisotopic (exact) mass is 212 g/mol. The summed E-state index contributed by atoms with van der Waals surface area (Å²) in [4.78, 5) is 11.8. The van der Waals surface area contributed by atoms with Crippen molar-refractivity contribution in [3.05, 3.63) is 0 Å². The van der Waals surface area contributed by atoms with Crippen molar-refractivity contribution >= 4 is 5.91 Å². The van der Waals surface area contributed by atoms with Crippen molar-refractivity contribution in [2.75, 3.05) is 26.3 Å². The Morgan fingerprint density at radius 2 is 2.33 bits per heavy atom. The Morgan fingerprint density at radius 1 is 1.53 bits per heavy atom. The van der Waals surface area contributed by atoms with E-state index in [2.05, 4.69) is 5.32 Å². The third-order valence-electron chi connectivity index (χ3n) is 3.53. The summed E-state index contributed by atoms with van der Waals surface area (Å²) in [7, 11) is 0. The molecule has 2 fully saturated rings. The number of rotatable bonds is 4. The van der Waals surface area contributed by atoms with Gasteiger partial charge in [-0.15, -0.1) is 0 Å². The standard InChI is InChI=1S/C11H20N2O2/c12-8-11(3-4-11)10(14)13-6-9-2-1-5-15-7-9/h9H,1-8,12H2,(H,13,14). The van der Waals surface area contributed by atoms with Crippen molar-refractivity contribution in [2.24, 2.45) is 17.1 Å². The van der Waals surface area contributed by atoms with Gasteiger partial charge in [0, 0.05) is 19.7 Å². The van der Waals surface area contributed by atoms with Crippen LogP contribution in [0.2, 0.25) is 0 Å². The van der Waals surface area contributed by atoms with Gasteiger partial charge >= 0.3 is 0 Å². The van der Waals surface area contributed by atoms with Crippen molar-refractivity contribution in [2.45, 2.75) is 25.7 Å². The maximum Gasteiger partial charge on any atom is 0.227 e. The average Bonchev–Trinajstić information content (AvgIpc) is 3.08. The van der Waals surface area contributed by atoms with Gasteiger partial charge in [-0.3, -0.25) is 4.79 Å². The molecule has 0 aromatic rings. The van der Waals surface area contributed by atoms with Gasteiger partial charge in [0.1, 0.15) is 0 Å². The summed E-state index contributed by atoms with van der Waals surface area (Å²) in [5.74, 6) is 0.645. The second-order valence-electron chi connectivity index (χ2n) is 4.78. The van der Waals surface area contributed by atoms with E-state index in [-0.39, 0.29) is 11.3 Å². The normalized spacial score (nSPS) is 28.5. The first-order valence-electron chi connectivity index (χ1n) is 5.83. The SMILES string of the molecule is NCC1(C(=O)NCC2CCCOC2)CC1. The fraction of sp³-hybridized carbons (Fsp3) is 0.909. The second kappa shape index (κ2) is 4.49. The summed E-state index contributed by atoms with van der Waals surface area (Å²) in [5.41, 5.74) is 5.38. The zero-order chi connectivity index (χ0) is 10.7. The number of ether oxygens (including phenoxy) is 1. The summed E-state index contributed by atoms with van der Waals surface area (Å²) in [6.45, 7) is 2.90. The van der Waals surface area contributed by atoms with Gasteiger partial charge in [0.05, 0.1) is 12.0 Å². The van der Waals surface area contributed by atoms with Crippen LogP contribution in [0, 0.1) is 11.3 Å². The molecule has 3 N–H and O–H groups in total. The number of carbonyl (C=O) groups excluding carboxylic acids is 1. The minimum Gasteiger partial charge on any atom is -0.381 e. The van der Waals surface area contributed by atoms with E-state index in [0.29, 0.717) is 12.5 Å². The number of nitrogens with two attached hydrogens (primary N) is 1. The van der Waals surface area contributed by atoms with Crippen LogP contribution in [0.4, 0.5) is 0 Å². The molecule has 1 saturated heterocycles. The summed E-state index contributed by atoms with van der Waals surface area (Å²) in [5, 5.41) is 3.01. The first kappa shape index (κ1) is 10.9. The van der Waals surface area contributed by atoms with Crippen LogP contribution in [0.15, 0.2) is 0 Å². The second-order valence-corrected chi connectivity index (χ2v) is 4.78. The number of carbonyl (C=O) groups is 1. The van der Waals surface area contributed by atoms with Crippen LogP contribution in [0.1, 0.15) is 25.7 Å². The zero-order valence-electron chi connectivity index (χ0n) is 9.13. The quantitative estimate of drug-likeness (QED) is 0.703. The van der Waals surface area contributed by atoms with Crippen molar-refractivity contribution in [3.63, 3.8) is 0 Å². The lowest BCUT2D eigenvalue weighted by molar-refractivity contribution is -0.126. The molecule has 1 atom stereocenters. The van der Waals surface area contributed by atoms with Crippen LogP contribution in [0.5, 0.6) is 0 Å². The largest absolute Gasteiger partial charge is 0.381 e. The van der Waals surface area contributed by atoms with Crippen molar-refractivity contribution in [1.29, 1.82) is 0 Å². The van der Waals surface area contributed by atoms with Gasteiger partial charge in [-0.25, -0.2) is 0 Å². The molecule has 0 aromatic heterocycles. The van der Waals surface area contributed by atoms with Crippen LogP contribution in [-0.2, 0) is 9.53 Å². The predicted molar refractivity (Wildman–Crippen MR) is 57.3 cm³/mol. The molecular weight excluding hydrogens is 192 g/mol. The Morgan fingerprint density at radius 3 is 2.87 bits per heavy atom. The van der Waals surface area contributed by atoms with E-state index in [1.165, 1.54) is 0 Å². The van der Waals surface area contributed by atoms with E-state index in [1.54, 1.807) is 0 Å². The maximum absolute atomic E-state index is 11.8. The molecule has 4 nitrogen and oxygen atoms in total. The van der Waals surface area contributed by atoms with Gasteiger partial charge < -0.3 is 15.8 Å². The van der Waals surface area contributed by atoms with E-state index >= 15 is 0 Å². The van der Waals surface area contributed by atoms with E-state index < -0.39 is 0 Å². The van der Waals surface area contributed by atoms with E-state index in [0.717, 1.165) is 45.4 Å². The van der Waals surface area contributed by atoms with Gasteiger partial charge in [-0.1, -0.05) is 0 Å². The fourth-order valence-corrected chi connectivity index (χ4v) is 2.07. The molecule has 1 heterocycles. The topological polar surface area (TPSA) is 64.4 Å². The van der Waals surface area contributed by atoms with Crippen LogP contribution < -0.4 is 11.1 Å². The Balaban J connectivity index is 1.70. The average molecular weight is 212 g/mol. The lowest BCUT2D eigenvalue weighted by atomic mass is 10.0. The Bertz CT molecular complexity index is 233. The van der Waals surface area contributed by atoms with E-state index in [1.807, 2.05) is 0 Å². The summed E-state index contributed by atoms with van der Waals surface area (Å²) in [6.07, 6.45) is 4.19. The number of amides is 1. The molecule has 1 aliphatic carbocycles. The van der Waals surface area contributed by atoms with Crippen LogP contribution >= 0.6 is 0 Å². The highest BCUT2D eigenvalue weighted by molar-refractivity contribution is 5.85. The van der Waals surface area contributed by atoms with E-state index in [4.69, 9.17) is 10.5 Å². The molecule has 15 heavy (non-hydrogen) atoms. The highest BCUT2D eigenvalue weighted by atomic mass is 16.5. The van der Waals surface area contributed by atoms with Gasteiger partial charge in [0.25, 0.3) is 0 Å². The summed E-state index contributed by atoms with van der Waals surface area (Å²) in [6, 6.07) is 0. The maximum atomic E-state index is 11.8. The molecule has 4 heteroatoms. The van der Waals surface area contributed by atoms with Crippen molar-refractivity contribution in [3.8, 4) is 0 Å². The highest BCUT2D eigenvalue weighted by Gasteiger charge is 2.48. The Labute approximate surface area is 90.5 Å². The molecule has 0 bridgehead atoms. The molecule has 1 saturated carbocycles. The smallest absolute Gasteiger partial charge is 0.227 e. The first-order valence-corrected chi connectivity index (χ1v) is 5.83. The Hall–Kier alpha value is -0.610. The number of nitrogens with one attached hydrogen (secondary N) is 1. The number of hydrogen-bond acceptors (Lipinski definition) is 3. The predicted octanol–water partition coefficient (Wildman–Crippen LogP) is 0.268. The molecular formula is C11H20N2O2. The molecule has 0 spiro atoms. The molecule has 2 aliphatic rings.